The van der Waals surface area contributed by atoms with Gasteiger partial charge in [0.1, 0.15) is 5.72 Å². The molecule has 0 saturated heterocycles. The molecular weight excluding hydrogens is 256 g/mol. The summed E-state index contributed by atoms with van der Waals surface area (Å²) >= 11 is 0. The van der Waals surface area contributed by atoms with E-state index in [0.717, 1.165) is 12.8 Å². The second-order valence-corrected chi connectivity index (χ2v) is 4.94. The number of rotatable bonds is 6. The van der Waals surface area contributed by atoms with Crippen molar-refractivity contribution < 1.29 is 23.4 Å². The summed E-state index contributed by atoms with van der Waals surface area (Å²) in [6, 6.07) is 4.19. The number of benzene rings is 1. The number of hydrogen-bond acceptors (Lipinski definition) is 4. The second-order valence-electron chi connectivity index (χ2n) is 4.94. The average Bonchev–Trinajstić information content (AvgIpc) is 3.09. The maximum atomic E-state index is 12.3. The summed E-state index contributed by atoms with van der Waals surface area (Å²) in [5.74, 6) is 0.598. The van der Waals surface area contributed by atoms with E-state index >= 15 is 0 Å². The van der Waals surface area contributed by atoms with Gasteiger partial charge < -0.3 is 20.3 Å². The van der Waals surface area contributed by atoms with Gasteiger partial charge in [-0.3, -0.25) is 0 Å². The molecule has 4 nitrogen and oxygen atoms in total. The Bertz CT molecular complexity index is 442. The molecule has 19 heavy (non-hydrogen) atoms. The summed E-state index contributed by atoms with van der Waals surface area (Å²) in [5, 5.41) is 9.71. The molecule has 0 aromatic heterocycles. The Kier molecular flexibility index (Phi) is 3.91. The highest BCUT2D eigenvalue weighted by atomic mass is 19.3. The third-order valence-electron chi connectivity index (χ3n) is 2.92. The van der Waals surface area contributed by atoms with Crippen LogP contribution in [-0.4, -0.2) is 18.3 Å². The molecule has 2 rings (SSSR count). The molecule has 1 atom stereocenters. The predicted octanol–water partition coefficient (Wildman–Crippen LogP) is 2.20. The van der Waals surface area contributed by atoms with Crippen molar-refractivity contribution in [1.29, 1.82) is 0 Å². The summed E-state index contributed by atoms with van der Waals surface area (Å²) in [4.78, 5) is 0. The highest BCUT2D eigenvalue weighted by Gasteiger charge is 2.24. The normalized spacial score (nSPS) is 18.2. The number of halogens is 2. The van der Waals surface area contributed by atoms with Crippen LogP contribution in [0.15, 0.2) is 18.2 Å². The lowest BCUT2D eigenvalue weighted by molar-refractivity contribution is -0.0516. The molecule has 1 saturated carbocycles. The monoisotopic (exact) mass is 273 g/mol. The number of aliphatic hydroxyl groups is 1. The van der Waals surface area contributed by atoms with Crippen LogP contribution in [0, 0.1) is 5.92 Å². The standard InChI is InChI=1S/C13H17F2NO3/c1-13(16,17)9-4-5-10(19-12(14)15)11(6-9)18-7-8-2-3-8/h4-6,8,12,17H,2-3,7,16H2,1H3. The minimum Gasteiger partial charge on any atom is -0.489 e. The van der Waals surface area contributed by atoms with Gasteiger partial charge in [0, 0.05) is 5.56 Å². The molecule has 0 bridgehead atoms. The molecule has 0 radical (unpaired) electrons. The quantitative estimate of drug-likeness (QED) is 0.780. The molecule has 106 valence electrons. The lowest BCUT2D eigenvalue weighted by Gasteiger charge is -2.20. The molecule has 0 heterocycles. The fraction of sp³-hybridized carbons (Fsp3) is 0.538. The minimum atomic E-state index is -2.92. The first-order valence-electron chi connectivity index (χ1n) is 6.09. The maximum absolute atomic E-state index is 12.3. The van der Waals surface area contributed by atoms with Crippen molar-refractivity contribution in [2.24, 2.45) is 11.7 Å². The first-order valence-corrected chi connectivity index (χ1v) is 6.09. The summed E-state index contributed by atoms with van der Waals surface area (Å²) in [6.45, 7) is -1.07. The van der Waals surface area contributed by atoms with Gasteiger partial charge in [-0.2, -0.15) is 8.78 Å². The maximum Gasteiger partial charge on any atom is 0.387 e. The summed E-state index contributed by atoms with van der Waals surface area (Å²) in [5.41, 5.74) is 4.38. The Morgan fingerprint density at radius 2 is 2.11 bits per heavy atom. The van der Waals surface area contributed by atoms with Gasteiger partial charge in [-0.05, 0) is 37.8 Å². The van der Waals surface area contributed by atoms with Gasteiger partial charge in [0.2, 0.25) is 0 Å². The van der Waals surface area contributed by atoms with E-state index in [1.54, 1.807) is 0 Å². The van der Waals surface area contributed by atoms with Gasteiger partial charge in [0.05, 0.1) is 6.61 Å². The first-order chi connectivity index (χ1) is 8.86. The van der Waals surface area contributed by atoms with Crippen molar-refractivity contribution in [1.82, 2.24) is 0 Å². The molecule has 0 spiro atoms. The number of ether oxygens (including phenoxy) is 2. The van der Waals surface area contributed by atoms with Gasteiger partial charge in [-0.15, -0.1) is 0 Å². The molecule has 3 N–H and O–H groups in total. The molecule has 6 heteroatoms. The molecule has 1 unspecified atom stereocenters. The zero-order valence-electron chi connectivity index (χ0n) is 10.6. The smallest absolute Gasteiger partial charge is 0.387 e. The molecule has 1 fully saturated rings. The van der Waals surface area contributed by atoms with Crippen LogP contribution in [0.5, 0.6) is 11.5 Å². The van der Waals surface area contributed by atoms with Gasteiger partial charge >= 0.3 is 6.61 Å². The van der Waals surface area contributed by atoms with E-state index in [9.17, 15) is 13.9 Å². The highest BCUT2D eigenvalue weighted by Crippen LogP contribution is 2.35. The van der Waals surface area contributed by atoms with Gasteiger partial charge in [0.25, 0.3) is 0 Å². The van der Waals surface area contributed by atoms with Crippen LogP contribution in [0.4, 0.5) is 8.78 Å². The van der Waals surface area contributed by atoms with E-state index in [2.05, 4.69) is 4.74 Å². The molecule has 1 aromatic carbocycles. The molecule has 1 aromatic rings. The van der Waals surface area contributed by atoms with Crippen LogP contribution >= 0.6 is 0 Å². The molecule has 0 aliphatic heterocycles. The van der Waals surface area contributed by atoms with Crippen molar-refractivity contribution in [2.45, 2.75) is 32.1 Å². The van der Waals surface area contributed by atoms with Gasteiger partial charge in [-0.25, -0.2) is 0 Å². The van der Waals surface area contributed by atoms with E-state index in [0.29, 0.717) is 18.1 Å². The lowest BCUT2D eigenvalue weighted by atomic mass is 10.1. The van der Waals surface area contributed by atoms with E-state index < -0.39 is 12.3 Å². The van der Waals surface area contributed by atoms with E-state index in [1.807, 2.05) is 0 Å². The van der Waals surface area contributed by atoms with Crippen LogP contribution in [0.2, 0.25) is 0 Å². The lowest BCUT2D eigenvalue weighted by Crippen LogP contribution is -2.32. The van der Waals surface area contributed by atoms with Gasteiger partial charge in [0.15, 0.2) is 11.5 Å². The Morgan fingerprint density at radius 1 is 1.42 bits per heavy atom. The average molecular weight is 273 g/mol. The fourth-order valence-corrected chi connectivity index (χ4v) is 1.62. The third kappa shape index (κ3) is 4.04. The van der Waals surface area contributed by atoms with Crippen molar-refractivity contribution in [3.05, 3.63) is 23.8 Å². The van der Waals surface area contributed by atoms with Crippen molar-refractivity contribution >= 4 is 0 Å². The summed E-state index contributed by atoms with van der Waals surface area (Å²) in [6.07, 6.45) is 2.17. The molecular formula is C13H17F2NO3. The SMILES string of the molecule is CC(N)(O)c1ccc(OC(F)F)c(OCC2CC2)c1. The first kappa shape index (κ1) is 14.0. The summed E-state index contributed by atoms with van der Waals surface area (Å²) < 4.78 is 34.4. The van der Waals surface area contributed by atoms with Crippen molar-refractivity contribution in [2.75, 3.05) is 6.61 Å². The zero-order valence-corrected chi connectivity index (χ0v) is 10.6. The van der Waals surface area contributed by atoms with Crippen LogP contribution in [0.3, 0.4) is 0 Å². The minimum absolute atomic E-state index is 0.0522. The molecule has 1 aliphatic rings. The molecule has 1 aliphatic carbocycles. The van der Waals surface area contributed by atoms with Crippen molar-refractivity contribution in [3.63, 3.8) is 0 Å². The zero-order chi connectivity index (χ0) is 14.0. The summed E-state index contributed by atoms with van der Waals surface area (Å²) in [7, 11) is 0. The highest BCUT2D eigenvalue weighted by molar-refractivity contribution is 5.44. The van der Waals surface area contributed by atoms with Crippen LogP contribution in [0.25, 0.3) is 0 Å². The third-order valence-corrected chi connectivity index (χ3v) is 2.92. The van der Waals surface area contributed by atoms with E-state index in [1.165, 1.54) is 25.1 Å². The van der Waals surface area contributed by atoms with E-state index in [-0.39, 0.29) is 11.5 Å². The molecule has 0 amide bonds. The van der Waals surface area contributed by atoms with Crippen LogP contribution in [-0.2, 0) is 5.72 Å². The Morgan fingerprint density at radius 3 is 2.63 bits per heavy atom. The number of hydrogen-bond donors (Lipinski definition) is 2. The van der Waals surface area contributed by atoms with Gasteiger partial charge in [-0.1, -0.05) is 6.07 Å². The van der Waals surface area contributed by atoms with Crippen LogP contribution in [0.1, 0.15) is 25.3 Å². The Labute approximate surface area is 110 Å². The van der Waals surface area contributed by atoms with Crippen molar-refractivity contribution in [3.8, 4) is 11.5 Å². The second kappa shape index (κ2) is 5.30. The Balaban J connectivity index is 2.20. The fourth-order valence-electron chi connectivity index (χ4n) is 1.62. The topological polar surface area (TPSA) is 64.7 Å². The number of nitrogens with two attached hydrogens (primary N) is 1. The predicted molar refractivity (Wildman–Crippen MR) is 65.1 cm³/mol. The van der Waals surface area contributed by atoms with Crippen LogP contribution < -0.4 is 15.2 Å². The van der Waals surface area contributed by atoms with E-state index in [4.69, 9.17) is 10.5 Å². The largest absolute Gasteiger partial charge is 0.489 e. The number of alkyl halides is 2. The Hall–Kier alpha value is -1.40.